The minimum atomic E-state index is -4.68. The molecule has 0 radical (unpaired) electrons. The van der Waals surface area contributed by atoms with Crippen LogP contribution in [0.4, 0.5) is 17.6 Å². The number of hydrogen-bond acceptors (Lipinski definition) is 4. The molecule has 5 rings (SSSR count). The number of nitrogens with one attached hydrogen (secondary N) is 1. The molecule has 0 unspecified atom stereocenters. The molecule has 3 aliphatic rings. The third-order valence-corrected chi connectivity index (χ3v) is 9.50. The van der Waals surface area contributed by atoms with Crippen LogP contribution in [0.1, 0.15) is 66.1 Å². The maximum absolute atomic E-state index is 14.7. The number of likely N-dealkylation sites (tertiary alicyclic amines) is 1. The van der Waals surface area contributed by atoms with E-state index in [4.69, 9.17) is 0 Å². The Labute approximate surface area is 212 Å². The maximum Gasteiger partial charge on any atom is 0.416 e. The Bertz CT molecular complexity index is 1340. The van der Waals surface area contributed by atoms with E-state index in [0.29, 0.717) is 51.1 Å². The fourth-order valence-electron chi connectivity index (χ4n) is 4.91. The van der Waals surface area contributed by atoms with Gasteiger partial charge >= 0.3 is 6.18 Å². The topological polar surface area (TPSA) is 83.6 Å². The molecule has 2 atom stereocenters. The van der Waals surface area contributed by atoms with E-state index in [2.05, 4.69) is 5.32 Å². The predicted molar refractivity (Wildman–Crippen MR) is 126 cm³/mol. The van der Waals surface area contributed by atoms with E-state index in [0.717, 1.165) is 12.1 Å². The number of carbonyl (C=O) groups excluding carboxylic acids is 2. The Hall–Kier alpha value is -2.95. The predicted octanol–water partition coefficient (Wildman–Crippen LogP) is 4.65. The smallest absolute Gasteiger partial charge is 0.347 e. The van der Waals surface area contributed by atoms with E-state index in [1.807, 2.05) is 0 Å². The molecule has 198 valence electrons. The third kappa shape index (κ3) is 5.23. The molecule has 37 heavy (non-hydrogen) atoms. The third-order valence-electron chi connectivity index (χ3n) is 7.24. The van der Waals surface area contributed by atoms with Crippen molar-refractivity contribution in [1.82, 2.24) is 10.2 Å². The summed E-state index contributed by atoms with van der Waals surface area (Å²) in [6, 6.07) is 6.44. The molecule has 2 aromatic carbocycles. The van der Waals surface area contributed by atoms with Gasteiger partial charge in [0.2, 0.25) is 5.91 Å². The van der Waals surface area contributed by atoms with E-state index in [1.165, 1.54) is 29.2 Å². The highest BCUT2D eigenvalue weighted by atomic mass is 32.2. The van der Waals surface area contributed by atoms with Gasteiger partial charge in [0.1, 0.15) is 11.9 Å². The lowest BCUT2D eigenvalue weighted by Gasteiger charge is -2.27. The first kappa shape index (κ1) is 25.7. The molecule has 3 fully saturated rings. The molecule has 11 heteroatoms. The van der Waals surface area contributed by atoms with Crippen LogP contribution in [0.25, 0.3) is 0 Å². The number of nitrogens with zero attached hydrogens (tertiary/aromatic N) is 1. The van der Waals surface area contributed by atoms with Gasteiger partial charge in [-0.25, -0.2) is 12.8 Å². The molecule has 6 nitrogen and oxygen atoms in total. The second kappa shape index (κ2) is 9.41. The highest BCUT2D eigenvalue weighted by Gasteiger charge is 2.41. The lowest BCUT2D eigenvalue weighted by molar-refractivity contribution is -0.137. The SMILES string of the molecule is O=C(N[C@@H](c1ccc(C(F)(F)F)cc1F)C1CC1)[C@H]1CCCN1C(=O)c1cccc(S(=O)(=O)C2CC2)c1. The first-order valence-corrected chi connectivity index (χ1v) is 13.8. The highest BCUT2D eigenvalue weighted by Crippen LogP contribution is 2.43. The summed E-state index contributed by atoms with van der Waals surface area (Å²) < 4.78 is 78.8. The van der Waals surface area contributed by atoms with E-state index in [1.54, 1.807) is 0 Å². The normalized spacial score (nSPS) is 21.1. The van der Waals surface area contributed by atoms with Crippen LogP contribution in [0.2, 0.25) is 0 Å². The minimum absolute atomic E-state index is 0.0160. The van der Waals surface area contributed by atoms with E-state index in [-0.39, 0.29) is 21.9 Å². The van der Waals surface area contributed by atoms with Crippen molar-refractivity contribution < 1.29 is 35.6 Å². The standard InChI is InChI=1S/C26H26F4N2O4S/c27-21-14-17(26(28,29)30)8-11-20(21)23(15-6-7-15)31-24(33)22-5-2-12-32(22)25(34)16-3-1-4-19(13-16)37(35,36)18-9-10-18/h1,3-4,8,11,13-15,18,22-23H,2,5-7,9-10,12H2,(H,31,33)/t22-,23-/m1/s1. The summed E-state index contributed by atoms with van der Waals surface area (Å²) in [5.41, 5.74) is -0.959. The van der Waals surface area contributed by atoms with Crippen molar-refractivity contribution in [3.63, 3.8) is 0 Å². The van der Waals surface area contributed by atoms with E-state index in [9.17, 15) is 35.6 Å². The Morgan fingerprint density at radius 3 is 2.35 bits per heavy atom. The zero-order chi connectivity index (χ0) is 26.5. The molecule has 2 saturated carbocycles. The van der Waals surface area contributed by atoms with Gasteiger partial charge in [-0.05, 0) is 74.8 Å². The van der Waals surface area contributed by atoms with Crippen molar-refractivity contribution in [3.05, 3.63) is 65.0 Å². The van der Waals surface area contributed by atoms with Crippen molar-refractivity contribution >= 4 is 21.7 Å². The zero-order valence-electron chi connectivity index (χ0n) is 19.8. The molecule has 1 heterocycles. The van der Waals surface area contributed by atoms with Crippen molar-refractivity contribution in [3.8, 4) is 0 Å². The quantitative estimate of drug-likeness (QED) is 0.520. The first-order valence-electron chi connectivity index (χ1n) is 12.3. The lowest BCUT2D eigenvalue weighted by atomic mass is 9.99. The molecule has 0 bridgehead atoms. The van der Waals surface area contributed by atoms with Crippen LogP contribution in [-0.2, 0) is 20.8 Å². The highest BCUT2D eigenvalue weighted by molar-refractivity contribution is 7.92. The number of carbonyl (C=O) groups is 2. The van der Waals surface area contributed by atoms with Crippen molar-refractivity contribution in [1.29, 1.82) is 0 Å². The molecule has 2 aromatic rings. The molecule has 1 saturated heterocycles. The lowest BCUT2D eigenvalue weighted by Crippen LogP contribution is -2.47. The van der Waals surface area contributed by atoms with Crippen LogP contribution in [0, 0.1) is 11.7 Å². The van der Waals surface area contributed by atoms with Crippen molar-refractivity contribution in [2.24, 2.45) is 5.92 Å². The Morgan fingerprint density at radius 1 is 1.00 bits per heavy atom. The number of benzene rings is 2. The van der Waals surface area contributed by atoms with Crippen LogP contribution in [0.5, 0.6) is 0 Å². The summed E-state index contributed by atoms with van der Waals surface area (Å²) in [6.45, 7) is 0.291. The number of hydrogen-bond donors (Lipinski definition) is 1. The maximum atomic E-state index is 14.7. The molecule has 0 spiro atoms. The molecular weight excluding hydrogens is 512 g/mol. The van der Waals surface area contributed by atoms with Gasteiger partial charge in [-0.1, -0.05) is 12.1 Å². The van der Waals surface area contributed by atoms with Gasteiger partial charge < -0.3 is 10.2 Å². The van der Waals surface area contributed by atoms with Crippen molar-refractivity contribution in [2.75, 3.05) is 6.54 Å². The first-order chi connectivity index (χ1) is 17.5. The number of rotatable bonds is 7. The Morgan fingerprint density at radius 2 is 1.73 bits per heavy atom. The average molecular weight is 539 g/mol. The van der Waals surface area contributed by atoms with Gasteiger partial charge in [-0.2, -0.15) is 13.2 Å². The van der Waals surface area contributed by atoms with Gasteiger partial charge in [-0.3, -0.25) is 9.59 Å². The Kier molecular flexibility index (Phi) is 6.54. The molecule has 2 aliphatic carbocycles. The van der Waals surface area contributed by atoms with Gasteiger partial charge in [0.15, 0.2) is 9.84 Å². The van der Waals surface area contributed by atoms with Gasteiger partial charge in [0, 0.05) is 17.7 Å². The van der Waals surface area contributed by atoms with Gasteiger partial charge in [-0.15, -0.1) is 0 Å². The molecule has 2 amide bonds. The number of alkyl halides is 3. The van der Waals surface area contributed by atoms with Gasteiger partial charge in [0.05, 0.1) is 21.8 Å². The number of halogens is 4. The van der Waals surface area contributed by atoms with E-state index >= 15 is 0 Å². The molecular formula is C26H26F4N2O4S. The Balaban J connectivity index is 1.34. The number of amides is 2. The van der Waals surface area contributed by atoms with E-state index < -0.39 is 56.5 Å². The van der Waals surface area contributed by atoms with Gasteiger partial charge in [0.25, 0.3) is 5.91 Å². The largest absolute Gasteiger partial charge is 0.416 e. The van der Waals surface area contributed by atoms with Crippen LogP contribution in [-0.4, -0.2) is 43.0 Å². The summed E-state index contributed by atoms with van der Waals surface area (Å²) in [6.07, 6.45) is -1.19. The van der Waals surface area contributed by atoms with Crippen LogP contribution in [0.15, 0.2) is 47.4 Å². The molecule has 1 N–H and O–H groups in total. The summed E-state index contributed by atoms with van der Waals surface area (Å²) in [7, 11) is -3.50. The summed E-state index contributed by atoms with van der Waals surface area (Å²) >= 11 is 0. The average Bonchev–Trinajstić information content (AvgIpc) is 3.79. The number of sulfone groups is 1. The summed E-state index contributed by atoms with van der Waals surface area (Å²) in [5, 5.41) is 2.36. The fourth-order valence-corrected chi connectivity index (χ4v) is 6.61. The second-order valence-corrected chi connectivity index (χ2v) is 12.2. The van der Waals surface area contributed by atoms with Crippen LogP contribution >= 0.6 is 0 Å². The monoisotopic (exact) mass is 538 g/mol. The van der Waals surface area contributed by atoms with Crippen molar-refractivity contribution in [2.45, 2.75) is 66.9 Å². The molecule has 0 aromatic heterocycles. The van der Waals surface area contributed by atoms with Crippen LogP contribution < -0.4 is 5.32 Å². The summed E-state index contributed by atoms with van der Waals surface area (Å²) in [4.78, 5) is 28.0. The zero-order valence-corrected chi connectivity index (χ0v) is 20.6. The fraction of sp³-hybridized carbons (Fsp3) is 0.462. The minimum Gasteiger partial charge on any atom is -0.347 e. The van der Waals surface area contributed by atoms with Crippen LogP contribution in [0.3, 0.4) is 0 Å². The molecule has 1 aliphatic heterocycles. The second-order valence-electron chi connectivity index (χ2n) is 9.99. The summed E-state index contributed by atoms with van der Waals surface area (Å²) in [5.74, 6) is -2.14.